The van der Waals surface area contributed by atoms with Gasteiger partial charge in [0, 0.05) is 45.3 Å². The second-order valence-electron chi connectivity index (χ2n) is 4.82. The Morgan fingerprint density at radius 2 is 2.19 bits per heavy atom. The summed E-state index contributed by atoms with van der Waals surface area (Å²) in [5.74, 6) is 1.58. The minimum atomic E-state index is -0.0914. The molecule has 0 aliphatic rings. The van der Waals surface area contributed by atoms with Gasteiger partial charge in [-0.1, -0.05) is 0 Å². The van der Waals surface area contributed by atoms with E-state index in [4.69, 9.17) is 0 Å². The number of likely N-dealkylation sites (N-methyl/N-ethyl adjacent to an activating group) is 1. The molecule has 112 valence electrons. The molecular formula is C15H21N5O. The second kappa shape index (κ2) is 6.88. The standard InChI is InChI=1S/C15H21N5O/c1-4-16-15(21)13-6-5-7-18-14(13)19(3)10-11-20-9-8-17-12(20)2/h5-9H,4,10-11H2,1-3H3,(H,16,21). The fourth-order valence-electron chi connectivity index (χ4n) is 2.14. The van der Waals surface area contributed by atoms with Crippen LogP contribution in [0.5, 0.6) is 0 Å². The van der Waals surface area contributed by atoms with Crippen molar-refractivity contribution in [3.05, 3.63) is 42.1 Å². The molecular weight excluding hydrogens is 266 g/mol. The first-order chi connectivity index (χ1) is 10.1. The fourth-order valence-corrected chi connectivity index (χ4v) is 2.14. The van der Waals surface area contributed by atoms with Gasteiger partial charge in [0.1, 0.15) is 11.6 Å². The van der Waals surface area contributed by atoms with Crippen LogP contribution in [0.25, 0.3) is 0 Å². The number of carbonyl (C=O) groups is 1. The zero-order valence-electron chi connectivity index (χ0n) is 12.7. The SMILES string of the molecule is CCNC(=O)c1cccnc1N(C)CCn1ccnc1C. The Bertz CT molecular complexity index is 608. The fraction of sp³-hybridized carbons (Fsp3) is 0.400. The van der Waals surface area contributed by atoms with Gasteiger partial charge < -0.3 is 14.8 Å². The molecule has 0 atom stereocenters. The number of nitrogens with one attached hydrogen (secondary N) is 1. The number of anilines is 1. The number of aryl methyl sites for hydroxylation is 1. The van der Waals surface area contributed by atoms with Crippen molar-refractivity contribution < 1.29 is 4.79 Å². The molecule has 1 N–H and O–H groups in total. The van der Waals surface area contributed by atoms with E-state index in [0.717, 1.165) is 18.9 Å². The van der Waals surface area contributed by atoms with E-state index in [0.29, 0.717) is 17.9 Å². The van der Waals surface area contributed by atoms with E-state index in [9.17, 15) is 4.79 Å². The first-order valence-electron chi connectivity index (χ1n) is 7.05. The summed E-state index contributed by atoms with van der Waals surface area (Å²) < 4.78 is 2.07. The summed E-state index contributed by atoms with van der Waals surface area (Å²) >= 11 is 0. The van der Waals surface area contributed by atoms with Crippen LogP contribution in [-0.2, 0) is 6.54 Å². The molecule has 2 aromatic heterocycles. The maximum Gasteiger partial charge on any atom is 0.255 e. The highest BCUT2D eigenvalue weighted by molar-refractivity contribution is 5.98. The van der Waals surface area contributed by atoms with Gasteiger partial charge in [-0.05, 0) is 26.0 Å². The second-order valence-corrected chi connectivity index (χ2v) is 4.82. The Labute approximate surface area is 124 Å². The predicted octanol–water partition coefficient (Wildman–Crippen LogP) is 1.47. The molecule has 0 fully saturated rings. The molecule has 0 bridgehead atoms. The number of pyridine rings is 1. The van der Waals surface area contributed by atoms with E-state index in [1.165, 1.54) is 0 Å². The summed E-state index contributed by atoms with van der Waals surface area (Å²) in [4.78, 5) is 22.6. The summed E-state index contributed by atoms with van der Waals surface area (Å²) in [6.07, 6.45) is 5.44. The van der Waals surface area contributed by atoms with Crippen molar-refractivity contribution in [3.63, 3.8) is 0 Å². The molecule has 0 saturated heterocycles. The number of rotatable bonds is 6. The van der Waals surface area contributed by atoms with Crippen LogP contribution >= 0.6 is 0 Å². The smallest absolute Gasteiger partial charge is 0.255 e. The summed E-state index contributed by atoms with van der Waals surface area (Å²) in [6, 6.07) is 3.58. The molecule has 6 nitrogen and oxygen atoms in total. The van der Waals surface area contributed by atoms with Crippen molar-refractivity contribution in [1.82, 2.24) is 19.9 Å². The van der Waals surface area contributed by atoms with Crippen LogP contribution < -0.4 is 10.2 Å². The van der Waals surface area contributed by atoms with Crippen molar-refractivity contribution in [2.75, 3.05) is 25.0 Å². The van der Waals surface area contributed by atoms with E-state index in [1.54, 1.807) is 24.5 Å². The number of amides is 1. The summed E-state index contributed by atoms with van der Waals surface area (Å²) in [5.41, 5.74) is 0.601. The van der Waals surface area contributed by atoms with Gasteiger partial charge >= 0.3 is 0 Å². The van der Waals surface area contributed by atoms with Crippen molar-refractivity contribution in [1.29, 1.82) is 0 Å². The quantitative estimate of drug-likeness (QED) is 0.874. The Kier molecular flexibility index (Phi) is 4.92. The molecule has 2 aromatic rings. The number of hydrogen-bond acceptors (Lipinski definition) is 4. The van der Waals surface area contributed by atoms with Gasteiger partial charge in [0.2, 0.25) is 0 Å². The molecule has 0 saturated carbocycles. The van der Waals surface area contributed by atoms with Crippen LogP contribution in [0.15, 0.2) is 30.7 Å². The molecule has 0 aliphatic heterocycles. The average molecular weight is 287 g/mol. The maximum absolute atomic E-state index is 12.1. The Morgan fingerprint density at radius 3 is 2.86 bits per heavy atom. The van der Waals surface area contributed by atoms with Gasteiger partial charge in [0.25, 0.3) is 5.91 Å². The van der Waals surface area contributed by atoms with E-state index >= 15 is 0 Å². The molecule has 0 aliphatic carbocycles. The van der Waals surface area contributed by atoms with Crippen LogP contribution in [0.3, 0.4) is 0 Å². The minimum Gasteiger partial charge on any atom is -0.357 e. The largest absolute Gasteiger partial charge is 0.357 e. The van der Waals surface area contributed by atoms with Gasteiger partial charge in [0.05, 0.1) is 5.56 Å². The Hall–Kier alpha value is -2.37. The number of aromatic nitrogens is 3. The molecule has 0 spiro atoms. The molecule has 21 heavy (non-hydrogen) atoms. The first kappa shape index (κ1) is 15.0. The van der Waals surface area contributed by atoms with E-state index in [1.807, 2.05) is 32.0 Å². The van der Waals surface area contributed by atoms with Crippen LogP contribution in [-0.4, -0.2) is 40.6 Å². The molecule has 1 amide bonds. The molecule has 0 aromatic carbocycles. The lowest BCUT2D eigenvalue weighted by atomic mass is 10.2. The van der Waals surface area contributed by atoms with E-state index in [-0.39, 0.29) is 5.91 Å². The van der Waals surface area contributed by atoms with Crippen molar-refractivity contribution in [2.45, 2.75) is 20.4 Å². The zero-order valence-corrected chi connectivity index (χ0v) is 12.7. The van der Waals surface area contributed by atoms with Crippen molar-refractivity contribution in [2.24, 2.45) is 0 Å². The number of imidazole rings is 1. The normalized spacial score (nSPS) is 10.4. The molecule has 0 unspecified atom stereocenters. The highest BCUT2D eigenvalue weighted by Gasteiger charge is 2.14. The van der Waals surface area contributed by atoms with Gasteiger partial charge in [0.15, 0.2) is 0 Å². The Morgan fingerprint density at radius 1 is 1.38 bits per heavy atom. The lowest BCUT2D eigenvalue weighted by Crippen LogP contribution is -2.29. The Balaban J connectivity index is 2.10. The minimum absolute atomic E-state index is 0.0914. The van der Waals surface area contributed by atoms with Crippen LogP contribution in [0, 0.1) is 6.92 Å². The number of carbonyl (C=O) groups excluding carboxylic acids is 1. The molecule has 0 radical (unpaired) electrons. The van der Waals surface area contributed by atoms with Gasteiger partial charge in [-0.15, -0.1) is 0 Å². The highest BCUT2D eigenvalue weighted by atomic mass is 16.1. The zero-order chi connectivity index (χ0) is 15.2. The first-order valence-corrected chi connectivity index (χ1v) is 7.05. The molecule has 2 heterocycles. The number of hydrogen-bond donors (Lipinski definition) is 1. The highest BCUT2D eigenvalue weighted by Crippen LogP contribution is 2.15. The lowest BCUT2D eigenvalue weighted by Gasteiger charge is -2.21. The van der Waals surface area contributed by atoms with Crippen molar-refractivity contribution >= 4 is 11.7 Å². The summed E-state index contributed by atoms with van der Waals surface area (Å²) in [5, 5.41) is 2.82. The third kappa shape index (κ3) is 3.59. The van der Waals surface area contributed by atoms with Crippen molar-refractivity contribution in [3.8, 4) is 0 Å². The number of nitrogens with zero attached hydrogens (tertiary/aromatic N) is 4. The third-order valence-corrected chi connectivity index (χ3v) is 3.33. The van der Waals surface area contributed by atoms with E-state index in [2.05, 4.69) is 19.9 Å². The summed E-state index contributed by atoms with van der Waals surface area (Å²) in [6.45, 7) is 6.03. The monoisotopic (exact) mass is 287 g/mol. The van der Waals surface area contributed by atoms with E-state index < -0.39 is 0 Å². The lowest BCUT2D eigenvalue weighted by molar-refractivity contribution is 0.0956. The van der Waals surface area contributed by atoms with Crippen LogP contribution in [0.4, 0.5) is 5.82 Å². The van der Waals surface area contributed by atoms with Crippen LogP contribution in [0.2, 0.25) is 0 Å². The topological polar surface area (TPSA) is 63.1 Å². The molecule has 6 heteroatoms. The maximum atomic E-state index is 12.1. The third-order valence-electron chi connectivity index (χ3n) is 3.33. The molecule has 2 rings (SSSR count). The van der Waals surface area contributed by atoms with Gasteiger partial charge in [-0.25, -0.2) is 9.97 Å². The van der Waals surface area contributed by atoms with Crippen LogP contribution in [0.1, 0.15) is 23.1 Å². The summed E-state index contributed by atoms with van der Waals surface area (Å²) in [7, 11) is 1.94. The van der Waals surface area contributed by atoms with Gasteiger partial charge in [-0.3, -0.25) is 4.79 Å². The average Bonchev–Trinajstić information content (AvgIpc) is 2.90. The predicted molar refractivity (Wildman–Crippen MR) is 82.5 cm³/mol. The van der Waals surface area contributed by atoms with Gasteiger partial charge in [-0.2, -0.15) is 0 Å².